The van der Waals surface area contributed by atoms with E-state index in [1.807, 2.05) is 19.1 Å². The summed E-state index contributed by atoms with van der Waals surface area (Å²) in [6, 6.07) is 8.49. The van der Waals surface area contributed by atoms with E-state index in [2.05, 4.69) is 61.6 Å². The van der Waals surface area contributed by atoms with Crippen molar-refractivity contribution >= 4 is 43.2 Å². The Balaban J connectivity index is 2.35. The molecule has 0 aliphatic carbocycles. The van der Waals surface area contributed by atoms with Gasteiger partial charge >= 0.3 is 0 Å². The van der Waals surface area contributed by atoms with Crippen LogP contribution in [0, 0.1) is 0 Å². The summed E-state index contributed by atoms with van der Waals surface area (Å²) >= 11 is 9.10. The second kappa shape index (κ2) is 8.32. The molecule has 1 unspecified atom stereocenters. The van der Waals surface area contributed by atoms with Crippen molar-refractivity contribution in [3.8, 4) is 5.75 Å². The number of benzene rings is 1. The van der Waals surface area contributed by atoms with Crippen molar-refractivity contribution in [3.05, 3.63) is 49.0 Å². The van der Waals surface area contributed by atoms with Crippen LogP contribution < -0.4 is 10.1 Å². The van der Waals surface area contributed by atoms with Crippen molar-refractivity contribution in [2.75, 3.05) is 13.2 Å². The Morgan fingerprint density at radius 3 is 2.57 bits per heavy atom. The monoisotopic (exact) mass is 431 g/mol. The summed E-state index contributed by atoms with van der Waals surface area (Å²) in [6.45, 7) is 5.84. The van der Waals surface area contributed by atoms with Crippen molar-refractivity contribution in [1.82, 2.24) is 5.32 Å². The van der Waals surface area contributed by atoms with Gasteiger partial charge in [0.1, 0.15) is 5.75 Å². The van der Waals surface area contributed by atoms with E-state index < -0.39 is 0 Å². The SMILES string of the molecule is CCCNC(c1ccc(OCC)cc1Br)c1sccc1Br. The Hall–Kier alpha value is -0.360. The Labute approximate surface area is 147 Å². The lowest BCUT2D eigenvalue weighted by Gasteiger charge is -2.20. The fraction of sp³-hybridized carbons (Fsp3) is 0.375. The van der Waals surface area contributed by atoms with E-state index in [0.717, 1.165) is 27.7 Å². The van der Waals surface area contributed by atoms with Crippen LogP contribution in [0.15, 0.2) is 38.6 Å². The molecule has 1 heterocycles. The minimum atomic E-state index is 0.185. The zero-order valence-electron chi connectivity index (χ0n) is 12.2. The van der Waals surface area contributed by atoms with Crippen molar-refractivity contribution < 1.29 is 4.74 Å². The number of thiophene rings is 1. The Morgan fingerprint density at radius 1 is 1.19 bits per heavy atom. The van der Waals surface area contributed by atoms with Gasteiger partial charge in [-0.15, -0.1) is 11.3 Å². The minimum Gasteiger partial charge on any atom is -0.494 e. The molecule has 0 saturated carbocycles. The highest BCUT2D eigenvalue weighted by atomic mass is 79.9. The Kier molecular flexibility index (Phi) is 6.74. The van der Waals surface area contributed by atoms with Gasteiger partial charge in [-0.1, -0.05) is 28.9 Å². The molecule has 0 spiro atoms. The molecule has 0 bridgehead atoms. The molecule has 1 N–H and O–H groups in total. The highest BCUT2D eigenvalue weighted by molar-refractivity contribution is 9.10. The normalized spacial score (nSPS) is 12.4. The molecule has 0 aliphatic heterocycles. The number of halogens is 2. The maximum Gasteiger partial charge on any atom is 0.120 e. The average Bonchev–Trinajstić information content (AvgIpc) is 2.88. The topological polar surface area (TPSA) is 21.3 Å². The molecule has 1 aromatic heterocycles. The summed E-state index contributed by atoms with van der Waals surface area (Å²) in [5.74, 6) is 0.896. The number of ether oxygens (including phenoxy) is 1. The van der Waals surface area contributed by atoms with Crippen LogP contribution in [-0.2, 0) is 0 Å². The zero-order valence-corrected chi connectivity index (χ0v) is 16.1. The summed E-state index contributed by atoms with van der Waals surface area (Å²) in [5.41, 5.74) is 1.23. The maximum absolute atomic E-state index is 5.56. The van der Waals surface area contributed by atoms with E-state index in [-0.39, 0.29) is 6.04 Å². The Bertz CT molecular complexity index is 585. The molecule has 5 heteroatoms. The van der Waals surface area contributed by atoms with Gasteiger partial charge < -0.3 is 10.1 Å². The first kappa shape index (κ1) is 17.0. The van der Waals surface area contributed by atoms with Gasteiger partial charge in [0.05, 0.1) is 12.6 Å². The van der Waals surface area contributed by atoms with Gasteiger partial charge in [-0.2, -0.15) is 0 Å². The number of rotatable bonds is 7. The van der Waals surface area contributed by atoms with Crippen LogP contribution >= 0.6 is 43.2 Å². The summed E-state index contributed by atoms with van der Waals surface area (Å²) < 4.78 is 7.79. The molecule has 0 saturated heterocycles. The van der Waals surface area contributed by atoms with Gasteiger partial charge in [0.2, 0.25) is 0 Å². The van der Waals surface area contributed by atoms with Crippen molar-refractivity contribution in [2.24, 2.45) is 0 Å². The fourth-order valence-corrected chi connectivity index (χ4v) is 4.42. The molecule has 2 rings (SSSR count). The van der Waals surface area contributed by atoms with Crippen molar-refractivity contribution in [3.63, 3.8) is 0 Å². The van der Waals surface area contributed by atoms with Gasteiger partial charge in [-0.05, 0) is 65.0 Å². The second-order valence-corrected chi connectivity index (χ2v) is 7.29. The molecular formula is C16H19Br2NOS. The lowest BCUT2D eigenvalue weighted by Crippen LogP contribution is -2.23. The number of hydrogen-bond donors (Lipinski definition) is 1. The van der Waals surface area contributed by atoms with Crippen LogP contribution in [-0.4, -0.2) is 13.2 Å². The zero-order chi connectivity index (χ0) is 15.2. The van der Waals surface area contributed by atoms with Crippen LogP contribution in [0.1, 0.15) is 36.8 Å². The van der Waals surface area contributed by atoms with Crippen LogP contribution in [0.5, 0.6) is 5.75 Å². The number of nitrogens with one attached hydrogen (secondary N) is 1. The first-order chi connectivity index (χ1) is 10.2. The Morgan fingerprint density at radius 2 is 2.00 bits per heavy atom. The first-order valence-electron chi connectivity index (χ1n) is 7.05. The summed E-state index contributed by atoms with van der Waals surface area (Å²) in [6.07, 6.45) is 1.11. The van der Waals surface area contributed by atoms with E-state index in [1.165, 1.54) is 10.4 Å². The molecule has 2 aromatic rings. The quantitative estimate of drug-likeness (QED) is 0.600. The predicted molar refractivity (Wildman–Crippen MR) is 97.5 cm³/mol. The summed E-state index contributed by atoms with van der Waals surface area (Å²) in [4.78, 5) is 1.30. The summed E-state index contributed by atoms with van der Waals surface area (Å²) in [5, 5.41) is 5.74. The average molecular weight is 433 g/mol. The summed E-state index contributed by atoms with van der Waals surface area (Å²) in [7, 11) is 0. The van der Waals surface area contributed by atoms with E-state index in [9.17, 15) is 0 Å². The van der Waals surface area contributed by atoms with Gasteiger partial charge in [-0.25, -0.2) is 0 Å². The van der Waals surface area contributed by atoms with Crippen LogP contribution in [0.3, 0.4) is 0 Å². The van der Waals surface area contributed by atoms with E-state index in [1.54, 1.807) is 11.3 Å². The largest absolute Gasteiger partial charge is 0.494 e. The van der Waals surface area contributed by atoms with Gasteiger partial charge in [0.25, 0.3) is 0 Å². The lowest BCUT2D eigenvalue weighted by atomic mass is 10.0. The molecule has 0 fully saturated rings. The van der Waals surface area contributed by atoms with Crippen molar-refractivity contribution in [2.45, 2.75) is 26.3 Å². The third-order valence-electron chi connectivity index (χ3n) is 3.10. The molecular weight excluding hydrogens is 414 g/mol. The first-order valence-corrected chi connectivity index (χ1v) is 9.52. The lowest BCUT2D eigenvalue weighted by molar-refractivity contribution is 0.340. The molecule has 114 valence electrons. The van der Waals surface area contributed by atoms with Gasteiger partial charge in [0, 0.05) is 13.8 Å². The molecule has 0 amide bonds. The smallest absolute Gasteiger partial charge is 0.120 e. The molecule has 0 aliphatic rings. The predicted octanol–water partition coefficient (Wildman–Crippen LogP) is 5.76. The molecule has 1 aromatic carbocycles. The van der Waals surface area contributed by atoms with Crippen molar-refractivity contribution in [1.29, 1.82) is 0 Å². The third-order valence-corrected chi connectivity index (χ3v) is 5.72. The highest BCUT2D eigenvalue weighted by Gasteiger charge is 2.20. The van der Waals surface area contributed by atoms with Gasteiger partial charge in [-0.3, -0.25) is 0 Å². The standard InChI is InChI=1S/C16H19Br2NOS/c1-3-8-19-15(16-13(17)7-9-21-16)12-6-5-11(20-4-2)10-14(12)18/h5-7,9-10,15,19H,3-4,8H2,1-2H3. The molecule has 21 heavy (non-hydrogen) atoms. The van der Waals surface area contributed by atoms with Gasteiger partial charge in [0.15, 0.2) is 0 Å². The van der Waals surface area contributed by atoms with E-state index in [0.29, 0.717) is 6.61 Å². The fourth-order valence-electron chi connectivity index (χ4n) is 2.14. The van der Waals surface area contributed by atoms with E-state index in [4.69, 9.17) is 4.74 Å². The third kappa shape index (κ3) is 4.31. The molecule has 0 radical (unpaired) electrons. The maximum atomic E-state index is 5.56. The highest BCUT2D eigenvalue weighted by Crippen LogP contribution is 2.37. The molecule has 2 nitrogen and oxygen atoms in total. The molecule has 1 atom stereocenters. The van der Waals surface area contributed by atoms with Crippen LogP contribution in [0.4, 0.5) is 0 Å². The van der Waals surface area contributed by atoms with Crippen LogP contribution in [0.2, 0.25) is 0 Å². The minimum absolute atomic E-state index is 0.185. The second-order valence-electron chi connectivity index (χ2n) is 4.64. The van der Waals surface area contributed by atoms with Crippen LogP contribution in [0.25, 0.3) is 0 Å². The number of hydrogen-bond acceptors (Lipinski definition) is 3. The van der Waals surface area contributed by atoms with E-state index >= 15 is 0 Å².